The van der Waals surface area contributed by atoms with Crippen molar-refractivity contribution in [1.29, 1.82) is 0 Å². The van der Waals surface area contributed by atoms with Gasteiger partial charge in [0.25, 0.3) is 0 Å². The van der Waals surface area contributed by atoms with E-state index in [2.05, 4.69) is 0 Å². The Hall–Kier alpha value is -2.39. The van der Waals surface area contributed by atoms with Gasteiger partial charge in [0.2, 0.25) is 5.43 Å². The number of rotatable bonds is 2. The lowest BCUT2D eigenvalue weighted by Crippen LogP contribution is -2.11. The third-order valence-corrected chi connectivity index (χ3v) is 3.60. The van der Waals surface area contributed by atoms with Crippen LogP contribution < -0.4 is 5.43 Å². The van der Waals surface area contributed by atoms with E-state index in [0.717, 1.165) is 11.1 Å². The Morgan fingerprint density at radius 1 is 1.05 bits per heavy atom. The van der Waals surface area contributed by atoms with Crippen LogP contribution >= 0.6 is 0 Å². The van der Waals surface area contributed by atoms with Crippen LogP contribution in [0.4, 0.5) is 0 Å². The molecule has 1 heterocycles. The van der Waals surface area contributed by atoms with E-state index in [9.17, 15) is 9.90 Å². The third kappa shape index (κ3) is 2.26. The molecule has 1 aromatic heterocycles. The average Bonchev–Trinajstić information content (AvgIpc) is 2.47. The molecule has 0 saturated carbocycles. The zero-order valence-electron chi connectivity index (χ0n) is 12.0. The second kappa shape index (κ2) is 5.19. The standard InChI is InChI=1S/C18H16O3/c1-11-7-6-10-14-15(11)17(20)16(18(21-14)12(2)19)13-8-4-3-5-9-13/h3-10,12,19H,1-2H3/t12-/m1/s1. The molecule has 0 aliphatic carbocycles. The molecule has 1 N–H and O–H groups in total. The first-order chi connectivity index (χ1) is 10.1. The number of benzene rings is 2. The maximum Gasteiger partial charge on any atom is 0.201 e. The minimum atomic E-state index is -0.849. The second-order valence-electron chi connectivity index (χ2n) is 5.16. The van der Waals surface area contributed by atoms with Crippen molar-refractivity contribution < 1.29 is 9.52 Å². The van der Waals surface area contributed by atoms with Crippen molar-refractivity contribution in [1.82, 2.24) is 0 Å². The van der Waals surface area contributed by atoms with E-state index in [0.29, 0.717) is 22.3 Å². The van der Waals surface area contributed by atoms with Crippen molar-refractivity contribution in [2.75, 3.05) is 0 Å². The normalized spacial score (nSPS) is 12.5. The topological polar surface area (TPSA) is 50.4 Å². The molecule has 0 unspecified atom stereocenters. The Balaban J connectivity index is 2.47. The van der Waals surface area contributed by atoms with Gasteiger partial charge in [-0.1, -0.05) is 42.5 Å². The molecule has 3 heteroatoms. The predicted molar refractivity (Wildman–Crippen MR) is 83.3 cm³/mol. The summed E-state index contributed by atoms with van der Waals surface area (Å²) in [4.78, 5) is 12.9. The highest BCUT2D eigenvalue weighted by atomic mass is 16.4. The van der Waals surface area contributed by atoms with Crippen molar-refractivity contribution in [3.63, 3.8) is 0 Å². The Morgan fingerprint density at radius 2 is 1.76 bits per heavy atom. The molecule has 0 aliphatic heterocycles. The van der Waals surface area contributed by atoms with Gasteiger partial charge < -0.3 is 9.52 Å². The van der Waals surface area contributed by atoms with Gasteiger partial charge in [-0.3, -0.25) is 4.79 Å². The number of aryl methyl sites for hydroxylation is 1. The summed E-state index contributed by atoms with van der Waals surface area (Å²) in [5.41, 5.74) is 2.47. The molecule has 3 aromatic rings. The van der Waals surface area contributed by atoms with Crippen LogP contribution in [0.3, 0.4) is 0 Å². The summed E-state index contributed by atoms with van der Waals surface area (Å²) in [6.07, 6.45) is -0.849. The van der Waals surface area contributed by atoms with E-state index in [-0.39, 0.29) is 5.43 Å². The molecule has 106 valence electrons. The van der Waals surface area contributed by atoms with Crippen LogP contribution in [0.2, 0.25) is 0 Å². The van der Waals surface area contributed by atoms with Gasteiger partial charge in [-0.15, -0.1) is 0 Å². The summed E-state index contributed by atoms with van der Waals surface area (Å²) in [7, 11) is 0. The summed E-state index contributed by atoms with van der Waals surface area (Å²) >= 11 is 0. The SMILES string of the molecule is Cc1cccc2oc([C@@H](C)O)c(-c3ccccc3)c(=O)c12. The monoisotopic (exact) mass is 280 g/mol. The first-order valence-electron chi connectivity index (χ1n) is 6.89. The largest absolute Gasteiger partial charge is 0.457 e. The minimum absolute atomic E-state index is 0.101. The van der Waals surface area contributed by atoms with Crippen LogP contribution in [0.15, 0.2) is 57.7 Å². The average molecular weight is 280 g/mol. The van der Waals surface area contributed by atoms with Gasteiger partial charge in [0, 0.05) is 0 Å². The maximum absolute atomic E-state index is 12.9. The van der Waals surface area contributed by atoms with Crippen LogP contribution in [-0.4, -0.2) is 5.11 Å². The zero-order valence-corrected chi connectivity index (χ0v) is 12.0. The molecule has 0 amide bonds. The van der Waals surface area contributed by atoms with Crippen LogP contribution in [-0.2, 0) is 0 Å². The maximum atomic E-state index is 12.9. The molecule has 0 bridgehead atoms. The zero-order chi connectivity index (χ0) is 15.0. The molecular formula is C18H16O3. The Labute approximate surface area is 122 Å². The van der Waals surface area contributed by atoms with Gasteiger partial charge in [0.15, 0.2) is 0 Å². The minimum Gasteiger partial charge on any atom is -0.457 e. The highest BCUT2D eigenvalue weighted by Gasteiger charge is 2.20. The van der Waals surface area contributed by atoms with Crippen molar-refractivity contribution in [2.45, 2.75) is 20.0 Å². The summed E-state index contributed by atoms with van der Waals surface area (Å²) in [6, 6.07) is 14.8. The lowest BCUT2D eigenvalue weighted by molar-refractivity contribution is 0.171. The fourth-order valence-corrected chi connectivity index (χ4v) is 2.60. The number of fused-ring (bicyclic) bond motifs is 1. The van der Waals surface area contributed by atoms with E-state index in [4.69, 9.17) is 4.42 Å². The summed E-state index contributed by atoms with van der Waals surface area (Å²) in [5, 5.41) is 10.6. The first-order valence-corrected chi connectivity index (χ1v) is 6.89. The van der Waals surface area contributed by atoms with Crippen LogP contribution in [0.25, 0.3) is 22.1 Å². The molecule has 0 saturated heterocycles. The fourth-order valence-electron chi connectivity index (χ4n) is 2.60. The quantitative estimate of drug-likeness (QED) is 0.776. The van der Waals surface area contributed by atoms with Gasteiger partial charge in [-0.25, -0.2) is 0 Å². The number of aliphatic hydroxyl groups excluding tert-OH is 1. The number of hydrogen-bond acceptors (Lipinski definition) is 3. The molecule has 3 rings (SSSR count). The van der Waals surface area contributed by atoms with Gasteiger partial charge >= 0.3 is 0 Å². The van der Waals surface area contributed by atoms with Crippen molar-refractivity contribution in [3.05, 3.63) is 70.1 Å². The van der Waals surface area contributed by atoms with Crippen molar-refractivity contribution in [3.8, 4) is 11.1 Å². The number of hydrogen-bond donors (Lipinski definition) is 1. The predicted octanol–water partition coefficient (Wildman–Crippen LogP) is 3.82. The molecule has 0 radical (unpaired) electrons. The molecule has 3 nitrogen and oxygen atoms in total. The van der Waals surface area contributed by atoms with Gasteiger partial charge in [0.1, 0.15) is 17.4 Å². The lowest BCUT2D eigenvalue weighted by atomic mass is 9.98. The number of aliphatic hydroxyl groups is 1. The molecule has 0 spiro atoms. The van der Waals surface area contributed by atoms with Crippen molar-refractivity contribution in [2.24, 2.45) is 0 Å². The van der Waals surface area contributed by atoms with E-state index in [1.54, 1.807) is 13.0 Å². The van der Waals surface area contributed by atoms with E-state index in [1.807, 2.05) is 49.4 Å². The molecule has 0 aliphatic rings. The second-order valence-corrected chi connectivity index (χ2v) is 5.16. The highest BCUT2D eigenvalue weighted by molar-refractivity contribution is 5.85. The van der Waals surface area contributed by atoms with E-state index in [1.165, 1.54) is 0 Å². The smallest absolute Gasteiger partial charge is 0.201 e. The molecule has 21 heavy (non-hydrogen) atoms. The lowest BCUT2D eigenvalue weighted by Gasteiger charge is -2.13. The molecule has 1 atom stereocenters. The molecular weight excluding hydrogens is 264 g/mol. The Kier molecular flexibility index (Phi) is 3.35. The first kappa shape index (κ1) is 13.6. The van der Waals surface area contributed by atoms with Crippen LogP contribution in [0.5, 0.6) is 0 Å². The molecule has 0 fully saturated rings. The van der Waals surface area contributed by atoms with Gasteiger partial charge in [-0.05, 0) is 31.0 Å². The van der Waals surface area contributed by atoms with Crippen LogP contribution in [0.1, 0.15) is 24.4 Å². The summed E-state index contributed by atoms with van der Waals surface area (Å²) < 4.78 is 5.82. The Bertz CT molecular complexity index is 845. The van der Waals surface area contributed by atoms with Crippen molar-refractivity contribution >= 4 is 11.0 Å². The van der Waals surface area contributed by atoms with E-state index >= 15 is 0 Å². The van der Waals surface area contributed by atoms with Crippen LogP contribution in [0, 0.1) is 6.92 Å². The highest BCUT2D eigenvalue weighted by Crippen LogP contribution is 2.29. The summed E-state index contributed by atoms with van der Waals surface area (Å²) in [5.74, 6) is 0.310. The Morgan fingerprint density at radius 3 is 2.43 bits per heavy atom. The third-order valence-electron chi connectivity index (χ3n) is 3.60. The van der Waals surface area contributed by atoms with Gasteiger partial charge in [0.05, 0.1) is 10.9 Å². The fraction of sp³-hybridized carbons (Fsp3) is 0.167. The van der Waals surface area contributed by atoms with Gasteiger partial charge in [-0.2, -0.15) is 0 Å². The molecule has 2 aromatic carbocycles. The summed E-state index contributed by atoms with van der Waals surface area (Å²) in [6.45, 7) is 3.49. The van der Waals surface area contributed by atoms with E-state index < -0.39 is 6.10 Å².